The number of aliphatic hydroxyl groups is 2. The van der Waals surface area contributed by atoms with E-state index in [2.05, 4.69) is 5.32 Å². The van der Waals surface area contributed by atoms with Crippen LogP contribution in [0.1, 0.15) is 6.42 Å². The van der Waals surface area contributed by atoms with Crippen molar-refractivity contribution >= 4 is 11.8 Å². The fourth-order valence-electron chi connectivity index (χ4n) is 0.535. The fraction of sp³-hybridized carbons (Fsp3) is 0.667. The predicted molar refractivity (Wildman–Crippen MR) is 43.1 cm³/mol. The molecule has 0 saturated heterocycles. The minimum Gasteiger partial charge on any atom is -0.359 e. The van der Waals surface area contributed by atoms with Crippen LogP contribution in [0.3, 0.4) is 0 Å². The molecule has 0 fully saturated rings. The number of rotatable bonds is 4. The van der Waals surface area contributed by atoms with Crippen LogP contribution >= 0.6 is 0 Å². The molecular weight excluding hydrogens is 178 g/mol. The van der Waals surface area contributed by atoms with Crippen molar-refractivity contribution in [2.75, 3.05) is 14.1 Å². The molecule has 5 N–H and O–H groups in total. The Morgan fingerprint density at radius 3 is 2.15 bits per heavy atom. The largest absolute Gasteiger partial charge is 0.359 e. The summed E-state index contributed by atoms with van der Waals surface area (Å²) in [5.74, 6) is -1.30. The average Bonchev–Trinajstić information content (AvgIpc) is 2.03. The van der Waals surface area contributed by atoms with Crippen LogP contribution in [0.5, 0.6) is 0 Å². The maximum Gasteiger partial charge on any atom is 0.311 e. The quantitative estimate of drug-likeness (QED) is 0.241. The molecule has 0 aromatic carbocycles. The van der Waals surface area contributed by atoms with E-state index < -0.39 is 24.3 Å². The van der Waals surface area contributed by atoms with Gasteiger partial charge in [-0.1, -0.05) is 0 Å². The van der Waals surface area contributed by atoms with Gasteiger partial charge in [0.05, 0.1) is 0 Å². The molecule has 0 aliphatic carbocycles. The number of hydrogen-bond acceptors (Lipinski definition) is 5. The third kappa shape index (κ3) is 5.12. The van der Waals surface area contributed by atoms with Gasteiger partial charge in [-0.15, -0.1) is 0 Å². The molecule has 0 saturated carbocycles. The Bertz CT molecular complexity index is 204. The lowest BCUT2D eigenvalue weighted by Gasteiger charge is -2.21. The van der Waals surface area contributed by atoms with Gasteiger partial charge in [0.2, 0.25) is 11.8 Å². The third-order valence-electron chi connectivity index (χ3n) is 1.26. The molecule has 0 aromatic rings. The number of amides is 2. The van der Waals surface area contributed by atoms with Crippen LogP contribution in [-0.4, -0.2) is 42.2 Å². The number of hydrogen-bond donors (Lipinski definition) is 5. The van der Waals surface area contributed by atoms with Crippen LogP contribution in [-0.2, 0) is 9.59 Å². The van der Waals surface area contributed by atoms with Crippen molar-refractivity contribution in [2.45, 2.75) is 12.5 Å². The summed E-state index contributed by atoms with van der Waals surface area (Å²) in [6.07, 6.45) is -0.457. The first-order valence-corrected chi connectivity index (χ1v) is 3.56. The van der Waals surface area contributed by atoms with Crippen LogP contribution in [0.25, 0.3) is 0 Å². The Labute approximate surface area is 75.1 Å². The third-order valence-corrected chi connectivity index (χ3v) is 1.26. The van der Waals surface area contributed by atoms with Crippen LogP contribution in [0, 0.1) is 0 Å². The zero-order valence-electron chi connectivity index (χ0n) is 7.42. The predicted octanol–water partition coefficient (Wildman–Crippen LogP) is -2.95. The molecule has 0 aliphatic rings. The fourth-order valence-corrected chi connectivity index (χ4v) is 0.535. The van der Waals surface area contributed by atoms with Gasteiger partial charge in [0.25, 0.3) is 0 Å². The molecule has 0 rings (SSSR count). The van der Waals surface area contributed by atoms with Gasteiger partial charge in [-0.3, -0.25) is 20.2 Å². The van der Waals surface area contributed by atoms with Gasteiger partial charge in [0.1, 0.15) is 6.42 Å². The second-order valence-electron chi connectivity index (χ2n) is 2.32. The molecular formula is C6H13N3O4. The van der Waals surface area contributed by atoms with E-state index in [1.807, 2.05) is 5.32 Å². The summed E-state index contributed by atoms with van der Waals surface area (Å²) in [5.41, 5.74) is 0. The second kappa shape index (κ2) is 4.75. The van der Waals surface area contributed by atoms with Crippen LogP contribution < -0.4 is 16.0 Å². The molecule has 2 amide bonds. The first kappa shape index (κ1) is 11.8. The molecule has 0 radical (unpaired) electrons. The van der Waals surface area contributed by atoms with Crippen molar-refractivity contribution in [2.24, 2.45) is 0 Å². The normalized spacial score (nSPS) is 10.8. The lowest BCUT2D eigenvalue weighted by Crippen LogP contribution is -2.58. The molecule has 76 valence electrons. The average molecular weight is 191 g/mol. The van der Waals surface area contributed by atoms with Gasteiger partial charge in [-0.2, -0.15) is 0 Å². The second-order valence-corrected chi connectivity index (χ2v) is 2.32. The van der Waals surface area contributed by atoms with E-state index in [9.17, 15) is 9.59 Å². The first-order chi connectivity index (χ1) is 5.91. The summed E-state index contributed by atoms with van der Waals surface area (Å²) in [6, 6.07) is -2.48. The van der Waals surface area contributed by atoms with Crippen LogP contribution in [0.4, 0.5) is 0 Å². The van der Waals surface area contributed by atoms with Gasteiger partial charge in [0.15, 0.2) is 0 Å². The number of nitrogens with one attached hydrogen (secondary N) is 3. The van der Waals surface area contributed by atoms with Crippen molar-refractivity contribution in [3.8, 4) is 0 Å². The molecule has 0 spiro atoms. The Balaban J connectivity index is 3.94. The van der Waals surface area contributed by atoms with Gasteiger partial charge >= 0.3 is 6.03 Å². The van der Waals surface area contributed by atoms with Crippen molar-refractivity contribution in [3.05, 3.63) is 0 Å². The van der Waals surface area contributed by atoms with Crippen molar-refractivity contribution in [1.29, 1.82) is 0 Å². The minimum absolute atomic E-state index is 0.457. The van der Waals surface area contributed by atoms with Crippen LogP contribution in [0.2, 0.25) is 0 Å². The van der Waals surface area contributed by atoms with E-state index in [0.29, 0.717) is 0 Å². The first-order valence-electron chi connectivity index (χ1n) is 3.56. The van der Waals surface area contributed by atoms with E-state index in [1.54, 1.807) is 5.32 Å². The molecule has 0 unspecified atom stereocenters. The monoisotopic (exact) mass is 191 g/mol. The highest BCUT2D eigenvalue weighted by Gasteiger charge is 2.23. The highest BCUT2D eigenvalue weighted by Crippen LogP contribution is 1.88. The Morgan fingerprint density at radius 2 is 1.77 bits per heavy atom. The zero-order valence-corrected chi connectivity index (χ0v) is 7.42. The van der Waals surface area contributed by atoms with E-state index in [1.165, 1.54) is 14.1 Å². The number of carbonyl (C=O) groups is 2. The molecule has 0 aromatic heterocycles. The summed E-state index contributed by atoms with van der Waals surface area (Å²) in [4.78, 5) is 21.5. The lowest BCUT2D eigenvalue weighted by molar-refractivity contribution is -0.206. The Hall–Kier alpha value is -1.18. The Kier molecular flexibility index (Phi) is 4.32. The molecule has 13 heavy (non-hydrogen) atoms. The van der Waals surface area contributed by atoms with E-state index in [-0.39, 0.29) is 0 Å². The summed E-state index contributed by atoms with van der Waals surface area (Å²) in [6.45, 7) is 0. The molecule has 0 aliphatic heterocycles. The minimum atomic E-state index is -2.48. The van der Waals surface area contributed by atoms with Gasteiger partial charge in [0, 0.05) is 7.05 Å². The number of carbonyl (C=O) groups excluding carboxylic acids is 2. The zero-order chi connectivity index (χ0) is 10.5. The highest BCUT2D eigenvalue weighted by atomic mass is 16.5. The highest BCUT2D eigenvalue weighted by molar-refractivity contribution is 5.96. The van der Waals surface area contributed by atoms with E-state index >= 15 is 0 Å². The van der Waals surface area contributed by atoms with Crippen molar-refractivity contribution < 1.29 is 19.8 Å². The molecule has 0 heterocycles. The van der Waals surface area contributed by atoms with Gasteiger partial charge in [-0.05, 0) is 7.05 Å². The standard InChI is InChI=1S/C6H13N3O4/c1-7-4(10)3-5(11)9-6(12,13)8-2/h8,12-13H,3H2,1-2H3,(H,7,10)(H,9,11). The molecule has 7 nitrogen and oxygen atoms in total. The Morgan fingerprint density at radius 1 is 1.23 bits per heavy atom. The summed E-state index contributed by atoms with van der Waals surface area (Å²) in [7, 11) is 2.61. The van der Waals surface area contributed by atoms with E-state index in [4.69, 9.17) is 10.2 Å². The maximum absolute atomic E-state index is 10.9. The van der Waals surface area contributed by atoms with E-state index in [0.717, 1.165) is 0 Å². The van der Waals surface area contributed by atoms with Crippen molar-refractivity contribution in [3.63, 3.8) is 0 Å². The van der Waals surface area contributed by atoms with Gasteiger partial charge in [-0.25, -0.2) is 0 Å². The molecule has 7 heteroatoms. The van der Waals surface area contributed by atoms with Crippen LogP contribution in [0.15, 0.2) is 0 Å². The summed E-state index contributed by atoms with van der Waals surface area (Å²) >= 11 is 0. The maximum atomic E-state index is 10.9. The SMILES string of the molecule is CNC(=O)CC(=O)NC(O)(O)NC. The lowest BCUT2D eigenvalue weighted by atomic mass is 10.4. The summed E-state index contributed by atoms with van der Waals surface area (Å²) < 4.78 is 0. The van der Waals surface area contributed by atoms with Crippen molar-refractivity contribution in [1.82, 2.24) is 16.0 Å². The summed E-state index contributed by atoms with van der Waals surface area (Å²) in [5, 5.41) is 23.7. The molecule has 0 atom stereocenters. The van der Waals surface area contributed by atoms with Gasteiger partial charge < -0.3 is 15.5 Å². The molecule has 0 bridgehead atoms. The smallest absolute Gasteiger partial charge is 0.311 e. The topological polar surface area (TPSA) is 111 Å².